The lowest BCUT2D eigenvalue weighted by molar-refractivity contribution is -0.0243. The average Bonchev–Trinajstić information content (AvgIpc) is 2.26. The van der Waals surface area contributed by atoms with Crippen molar-refractivity contribution in [1.82, 2.24) is 0 Å². The van der Waals surface area contributed by atoms with Crippen LogP contribution >= 0.6 is 0 Å². The molecule has 0 unspecified atom stereocenters. The van der Waals surface area contributed by atoms with Crippen molar-refractivity contribution in [3.05, 3.63) is 0 Å². The van der Waals surface area contributed by atoms with Crippen molar-refractivity contribution in [2.24, 2.45) is 23.0 Å². The monoisotopic (exact) mass is 167 g/mol. The first-order valence-electron chi connectivity index (χ1n) is 5.46. The van der Waals surface area contributed by atoms with E-state index >= 15 is 0 Å². The Labute approximate surface area is 75.7 Å². The van der Waals surface area contributed by atoms with E-state index in [1.807, 2.05) is 0 Å². The molecule has 1 heteroatoms. The van der Waals surface area contributed by atoms with Crippen molar-refractivity contribution >= 4 is 0 Å². The molecule has 2 aliphatic rings. The van der Waals surface area contributed by atoms with Crippen LogP contribution in [0.2, 0.25) is 0 Å². The molecule has 0 aromatic carbocycles. The first-order valence-corrected chi connectivity index (χ1v) is 5.46. The van der Waals surface area contributed by atoms with Crippen LogP contribution in [0.5, 0.6) is 0 Å². The van der Waals surface area contributed by atoms with Crippen molar-refractivity contribution in [3.8, 4) is 0 Å². The summed E-state index contributed by atoms with van der Waals surface area (Å²) in [6.07, 6.45) is 8.75. The second-order valence-electron chi connectivity index (χ2n) is 5.07. The standard InChI is InChI=1S/C11H21N/c1-11(8-12)7-9-5-3-2-4-6-10(9)11/h9-10H,2-8,12H2,1H3/t9-,10-,11-/m0/s1. The Hall–Kier alpha value is -0.0400. The van der Waals surface area contributed by atoms with Gasteiger partial charge < -0.3 is 5.73 Å². The van der Waals surface area contributed by atoms with Crippen LogP contribution in [0.1, 0.15) is 45.4 Å². The van der Waals surface area contributed by atoms with E-state index in [1.165, 1.54) is 38.5 Å². The summed E-state index contributed by atoms with van der Waals surface area (Å²) >= 11 is 0. The Morgan fingerprint density at radius 3 is 2.75 bits per heavy atom. The van der Waals surface area contributed by atoms with Crippen LogP contribution in [0, 0.1) is 17.3 Å². The van der Waals surface area contributed by atoms with E-state index in [0.29, 0.717) is 5.41 Å². The first-order chi connectivity index (χ1) is 5.76. The van der Waals surface area contributed by atoms with Crippen molar-refractivity contribution in [1.29, 1.82) is 0 Å². The zero-order valence-corrected chi connectivity index (χ0v) is 8.18. The highest BCUT2D eigenvalue weighted by molar-refractivity contribution is 4.99. The number of hydrogen-bond acceptors (Lipinski definition) is 1. The van der Waals surface area contributed by atoms with Crippen LogP contribution in [-0.2, 0) is 0 Å². The van der Waals surface area contributed by atoms with Crippen molar-refractivity contribution in [2.45, 2.75) is 45.4 Å². The molecule has 70 valence electrons. The normalized spacial score (nSPS) is 47.5. The van der Waals surface area contributed by atoms with Gasteiger partial charge in [-0.2, -0.15) is 0 Å². The van der Waals surface area contributed by atoms with Gasteiger partial charge in [-0.05, 0) is 36.6 Å². The van der Waals surface area contributed by atoms with Gasteiger partial charge in [0.05, 0.1) is 0 Å². The van der Waals surface area contributed by atoms with Gasteiger partial charge in [-0.3, -0.25) is 0 Å². The third kappa shape index (κ3) is 1.19. The predicted molar refractivity (Wildman–Crippen MR) is 51.8 cm³/mol. The largest absolute Gasteiger partial charge is 0.330 e. The molecule has 0 amide bonds. The van der Waals surface area contributed by atoms with Crippen molar-refractivity contribution in [2.75, 3.05) is 6.54 Å². The summed E-state index contributed by atoms with van der Waals surface area (Å²) in [5.41, 5.74) is 6.35. The molecule has 0 heterocycles. The van der Waals surface area contributed by atoms with Gasteiger partial charge in [0.2, 0.25) is 0 Å². The fraction of sp³-hybridized carbons (Fsp3) is 1.00. The molecule has 2 rings (SSSR count). The van der Waals surface area contributed by atoms with Gasteiger partial charge in [0.25, 0.3) is 0 Å². The molecule has 0 aliphatic heterocycles. The van der Waals surface area contributed by atoms with Gasteiger partial charge >= 0.3 is 0 Å². The van der Waals surface area contributed by atoms with E-state index in [1.54, 1.807) is 0 Å². The van der Waals surface area contributed by atoms with Crippen LogP contribution in [-0.4, -0.2) is 6.54 Å². The third-order valence-corrected chi connectivity index (χ3v) is 4.25. The number of fused-ring (bicyclic) bond motifs is 1. The van der Waals surface area contributed by atoms with Crippen LogP contribution < -0.4 is 5.73 Å². The highest BCUT2D eigenvalue weighted by Gasteiger charge is 2.48. The summed E-state index contributed by atoms with van der Waals surface area (Å²) in [5, 5.41) is 0. The maximum absolute atomic E-state index is 5.83. The Morgan fingerprint density at radius 1 is 1.25 bits per heavy atom. The number of rotatable bonds is 1. The second kappa shape index (κ2) is 3.02. The molecule has 2 saturated carbocycles. The van der Waals surface area contributed by atoms with Gasteiger partial charge in [0, 0.05) is 0 Å². The topological polar surface area (TPSA) is 26.0 Å². The lowest BCUT2D eigenvalue weighted by Crippen LogP contribution is -2.49. The minimum atomic E-state index is 0.523. The van der Waals surface area contributed by atoms with E-state index < -0.39 is 0 Å². The molecule has 0 aromatic rings. The Balaban J connectivity index is 2.00. The molecule has 3 atom stereocenters. The van der Waals surface area contributed by atoms with E-state index in [4.69, 9.17) is 5.73 Å². The fourth-order valence-electron chi connectivity index (χ4n) is 3.37. The molecule has 0 bridgehead atoms. The molecule has 0 aromatic heterocycles. The zero-order valence-electron chi connectivity index (χ0n) is 8.18. The molecule has 2 fully saturated rings. The quantitative estimate of drug-likeness (QED) is 0.638. The SMILES string of the molecule is C[C@@]1(CN)C[C@@H]2CCCCC[C@@H]21. The van der Waals surface area contributed by atoms with Gasteiger partial charge in [0.1, 0.15) is 0 Å². The number of nitrogens with two attached hydrogens (primary N) is 1. The van der Waals surface area contributed by atoms with Crippen LogP contribution in [0.3, 0.4) is 0 Å². The summed E-state index contributed by atoms with van der Waals surface area (Å²) in [5.74, 6) is 2.02. The summed E-state index contributed by atoms with van der Waals surface area (Å²) in [7, 11) is 0. The second-order valence-corrected chi connectivity index (χ2v) is 5.07. The predicted octanol–water partition coefficient (Wildman–Crippen LogP) is 2.55. The van der Waals surface area contributed by atoms with E-state index in [-0.39, 0.29) is 0 Å². The minimum absolute atomic E-state index is 0.523. The van der Waals surface area contributed by atoms with E-state index in [9.17, 15) is 0 Å². The lowest BCUT2D eigenvalue weighted by atomic mass is 9.53. The van der Waals surface area contributed by atoms with Gasteiger partial charge in [-0.25, -0.2) is 0 Å². The van der Waals surface area contributed by atoms with E-state index in [2.05, 4.69) is 6.92 Å². The Morgan fingerprint density at radius 2 is 2.00 bits per heavy atom. The fourth-order valence-corrected chi connectivity index (χ4v) is 3.37. The molecule has 0 spiro atoms. The van der Waals surface area contributed by atoms with Gasteiger partial charge in [-0.15, -0.1) is 0 Å². The summed E-state index contributed by atoms with van der Waals surface area (Å²) in [6, 6.07) is 0. The molecule has 12 heavy (non-hydrogen) atoms. The molecule has 2 N–H and O–H groups in total. The third-order valence-electron chi connectivity index (χ3n) is 4.25. The molecular weight excluding hydrogens is 146 g/mol. The number of hydrogen-bond donors (Lipinski definition) is 1. The molecule has 2 aliphatic carbocycles. The zero-order chi connectivity index (χ0) is 8.60. The molecular formula is C11H21N. The Kier molecular flexibility index (Phi) is 2.16. The van der Waals surface area contributed by atoms with Gasteiger partial charge in [-0.1, -0.05) is 32.6 Å². The Bertz CT molecular complexity index is 166. The van der Waals surface area contributed by atoms with E-state index in [0.717, 1.165) is 18.4 Å². The highest BCUT2D eigenvalue weighted by atomic mass is 14.7. The lowest BCUT2D eigenvalue weighted by Gasteiger charge is -2.53. The maximum Gasteiger partial charge on any atom is -0.00203 e. The minimum Gasteiger partial charge on any atom is -0.330 e. The smallest absolute Gasteiger partial charge is 0.00203 e. The van der Waals surface area contributed by atoms with Crippen LogP contribution in [0.15, 0.2) is 0 Å². The summed E-state index contributed by atoms with van der Waals surface area (Å²) in [6.45, 7) is 3.30. The maximum atomic E-state index is 5.83. The summed E-state index contributed by atoms with van der Waals surface area (Å²) in [4.78, 5) is 0. The molecule has 0 saturated heterocycles. The van der Waals surface area contributed by atoms with Gasteiger partial charge in [0.15, 0.2) is 0 Å². The molecule has 1 nitrogen and oxygen atoms in total. The highest BCUT2D eigenvalue weighted by Crippen LogP contribution is 2.55. The van der Waals surface area contributed by atoms with Crippen molar-refractivity contribution < 1.29 is 0 Å². The summed E-state index contributed by atoms with van der Waals surface area (Å²) < 4.78 is 0. The van der Waals surface area contributed by atoms with Crippen LogP contribution in [0.25, 0.3) is 0 Å². The van der Waals surface area contributed by atoms with Crippen molar-refractivity contribution in [3.63, 3.8) is 0 Å². The first kappa shape index (κ1) is 8.55. The van der Waals surface area contributed by atoms with Crippen LogP contribution in [0.4, 0.5) is 0 Å². The molecule has 0 radical (unpaired) electrons. The average molecular weight is 167 g/mol.